The van der Waals surface area contributed by atoms with Crippen molar-refractivity contribution in [2.24, 2.45) is 0 Å². The fourth-order valence-corrected chi connectivity index (χ4v) is 2.66. The van der Waals surface area contributed by atoms with E-state index < -0.39 is 0 Å². The van der Waals surface area contributed by atoms with Crippen LogP contribution in [0.25, 0.3) is 0 Å². The molecule has 3 aromatic rings. The molecule has 0 fully saturated rings. The van der Waals surface area contributed by atoms with E-state index in [0.717, 1.165) is 11.1 Å². The van der Waals surface area contributed by atoms with Crippen LogP contribution < -0.4 is 10.1 Å². The van der Waals surface area contributed by atoms with Gasteiger partial charge in [-0.2, -0.15) is 5.10 Å². The minimum absolute atomic E-state index is 0.218. The predicted octanol–water partition coefficient (Wildman–Crippen LogP) is 2.92. The molecule has 0 aliphatic rings. The molecule has 0 aliphatic heterocycles. The number of ether oxygens (including phenoxy) is 1. The van der Waals surface area contributed by atoms with Crippen LogP contribution in [0.2, 0.25) is 5.02 Å². The van der Waals surface area contributed by atoms with E-state index in [1.807, 2.05) is 24.3 Å². The standard InChI is InChI=1S/C18H17ClN4O2/c1-25-17-8-15(19)6-7-16(17)18(24)21-9-13-4-2-3-5-14(13)10-23-12-20-11-22-23/h2-8,11-12H,9-10H2,1H3,(H,21,24). The third kappa shape index (κ3) is 4.16. The molecule has 0 radical (unpaired) electrons. The summed E-state index contributed by atoms with van der Waals surface area (Å²) in [5.41, 5.74) is 2.52. The maximum absolute atomic E-state index is 12.5. The topological polar surface area (TPSA) is 69.0 Å². The lowest BCUT2D eigenvalue weighted by Gasteiger charge is -2.12. The van der Waals surface area contributed by atoms with Gasteiger partial charge in [0.25, 0.3) is 5.91 Å². The second-order valence-corrected chi connectivity index (χ2v) is 5.83. The number of halogens is 1. The maximum atomic E-state index is 12.5. The minimum atomic E-state index is -0.218. The van der Waals surface area contributed by atoms with E-state index in [1.165, 1.54) is 13.4 Å². The molecule has 128 valence electrons. The first-order valence-corrected chi connectivity index (χ1v) is 8.06. The first-order chi connectivity index (χ1) is 12.2. The third-order valence-corrected chi connectivity index (χ3v) is 4.00. The highest BCUT2D eigenvalue weighted by atomic mass is 35.5. The molecule has 0 saturated heterocycles. The fraction of sp³-hybridized carbons (Fsp3) is 0.167. The molecule has 1 heterocycles. The summed E-state index contributed by atoms with van der Waals surface area (Å²) in [4.78, 5) is 16.4. The van der Waals surface area contributed by atoms with E-state index in [1.54, 1.807) is 29.2 Å². The number of methoxy groups -OCH3 is 1. The first-order valence-electron chi connectivity index (χ1n) is 7.68. The Labute approximate surface area is 150 Å². The van der Waals surface area contributed by atoms with Gasteiger partial charge in [-0.15, -0.1) is 0 Å². The van der Waals surface area contributed by atoms with Gasteiger partial charge in [0, 0.05) is 11.6 Å². The normalized spacial score (nSPS) is 10.5. The summed E-state index contributed by atoms with van der Waals surface area (Å²) in [6.07, 6.45) is 3.16. The predicted molar refractivity (Wildman–Crippen MR) is 94.7 cm³/mol. The molecule has 0 spiro atoms. The number of carbonyl (C=O) groups is 1. The van der Waals surface area contributed by atoms with Gasteiger partial charge in [-0.05, 0) is 29.3 Å². The number of rotatable bonds is 6. The minimum Gasteiger partial charge on any atom is -0.496 e. The Bertz CT molecular complexity index is 865. The van der Waals surface area contributed by atoms with Crippen LogP contribution in [-0.4, -0.2) is 27.8 Å². The summed E-state index contributed by atoms with van der Waals surface area (Å²) in [6, 6.07) is 12.8. The van der Waals surface area contributed by atoms with Crippen molar-refractivity contribution in [3.05, 3.63) is 76.8 Å². The highest BCUT2D eigenvalue weighted by Crippen LogP contribution is 2.23. The molecule has 2 aromatic carbocycles. The number of amides is 1. The third-order valence-electron chi connectivity index (χ3n) is 3.76. The van der Waals surface area contributed by atoms with Crippen molar-refractivity contribution in [3.8, 4) is 5.75 Å². The number of hydrogen-bond acceptors (Lipinski definition) is 4. The smallest absolute Gasteiger partial charge is 0.255 e. The van der Waals surface area contributed by atoms with Crippen molar-refractivity contribution in [2.45, 2.75) is 13.1 Å². The first kappa shape index (κ1) is 17.0. The molecule has 1 amide bonds. The summed E-state index contributed by atoms with van der Waals surface area (Å²) in [6.45, 7) is 0.992. The average Bonchev–Trinajstić information content (AvgIpc) is 3.13. The van der Waals surface area contributed by atoms with Gasteiger partial charge in [0.15, 0.2) is 0 Å². The van der Waals surface area contributed by atoms with Crippen LogP contribution in [-0.2, 0) is 13.1 Å². The van der Waals surface area contributed by atoms with Crippen LogP contribution in [0.5, 0.6) is 5.75 Å². The second-order valence-electron chi connectivity index (χ2n) is 5.39. The Morgan fingerprint density at radius 3 is 2.76 bits per heavy atom. The van der Waals surface area contributed by atoms with Crippen molar-refractivity contribution in [3.63, 3.8) is 0 Å². The van der Waals surface area contributed by atoms with Gasteiger partial charge in [0.1, 0.15) is 18.4 Å². The SMILES string of the molecule is COc1cc(Cl)ccc1C(=O)NCc1ccccc1Cn1cncn1. The zero-order chi connectivity index (χ0) is 17.6. The Balaban J connectivity index is 1.72. The monoisotopic (exact) mass is 356 g/mol. The highest BCUT2D eigenvalue weighted by molar-refractivity contribution is 6.30. The van der Waals surface area contributed by atoms with Crippen LogP contribution in [0.1, 0.15) is 21.5 Å². The van der Waals surface area contributed by atoms with Gasteiger partial charge in [-0.1, -0.05) is 35.9 Å². The van der Waals surface area contributed by atoms with Gasteiger partial charge in [0.05, 0.1) is 19.2 Å². The molecular formula is C18H17ClN4O2. The molecule has 1 aromatic heterocycles. The summed E-state index contributed by atoms with van der Waals surface area (Å²) < 4.78 is 6.97. The van der Waals surface area contributed by atoms with Crippen LogP contribution >= 0.6 is 11.6 Å². The molecule has 0 aliphatic carbocycles. The largest absolute Gasteiger partial charge is 0.496 e. The van der Waals surface area contributed by atoms with Crippen molar-refractivity contribution >= 4 is 17.5 Å². The molecule has 6 nitrogen and oxygen atoms in total. The number of nitrogens with zero attached hydrogens (tertiary/aromatic N) is 3. The number of hydrogen-bond donors (Lipinski definition) is 1. The lowest BCUT2D eigenvalue weighted by Crippen LogP contribution is -2.24. The number of benzene rings is 2. The Morgan fingerprint density at radius 1 is 1.24 bits per heavy atom. The van der Waals surface area contributed by atoms with E-state index >= 15 is 0 Å². The lowest BCUT2D eigenvalue weighted by molar-refractivity contribution is 0.0948. The van der Waals surface area contributed by atoms with Crippen molar-refractivity contribution in [2.75, 3.05) is 7.11 Å². The Kier molecular flexibility index (Phi) is 5.30. The van der Waals surface area contributed by atoms with Gasteiger partial charge in [0.2, 0.25) is 0 Å². The van der Waals surface area contributed by atoms with Gasteiger partial charge >= 0.3 is 0 Å². The van der Waals surface area contributed by atoms with E-state index in [-0.39, 0.29) is 5.91 Å². The zero-order valence-electron chi connectivity index (χ0n) is 13.6. The summed E-state index contributed by atoms with van der Waals surface area (Å²) in [7, 11) is 1.51. The van der Waals surface area contributed by atoms with E-state index in [0.29, 0.717) is 29.4 Å². The second kappa shape index (κ2) is 7.81. The van der Waals surface area contributed by atoms with Crippen LogP contribution in [0.4, 0.5) is 0 Å². The summed E-state index contributed by atoms with van der Waals surface area (Å²) >= 11 is 5.94. The van der Waals surface area contributed by atoms with Gasteiger partial charge < -0.3 is 10.1 Å². The average molecular weight is 357 g/mol. The van der Waals surface area contributed by atoms with Crippen molar-refractivity contribution < 1.29 is 9.53 Å². The van der Waals surface area contributed by atoms with E-state index in [9.17, 15) is 4.79 Å². The molecule has 7 heteroatoms. The van der Waals surface area contributed by atoms with Crippen LogP contribution in [0.3, 0.4) is 0 Å². The van der Waals surface area contributed by atoms with E-state index in [2.05, 4.69) is 15.4 Å². The van der Waals surface area contributed by atoms with Gasteiger partial charge in [-0.25, -0.2) is 9.67 Å². The molecule has 0 saturated carbocycles. The van der Waals surface area contributed by atoms with Crippen LogP contribution in [0.15, 0.2) is 55.1 Å². The summed E-state index contributed by atoms with van der Waals surface area (Å²) in [5.74, 6) is 0.227. The van der Waals surface area contributed by atoms with Gasteiger partial charge in [-0.3, -0.25) is 4.79 Å². The van der Waals surface area contributed by atoms with E-state index in [4.69, 9.17) is 16.3 Å². The molecule has 0 atom stereocenters. The summed E-state index contributed by atoms with van der Waals surface area (Å²) in [5, 5.41) is 7.56. The highest BCUT2D eigenvalue weighted by Gasteiger charge is 2.13. The Morgan fingerprint density at radius 2 is 2.04 bits per heavy atom. The molecular weight excluding hydrogens is 340 g/mol. The number of carbonyl (C=O) groups excluding carboxylic acids is 1. The zero-order valence-corrected chi connectivity index (χ0v) is 14.4. The van der Waals surface area contributed by atoms with Crippen LogP contribution in [0, 0.1) is 0 Å². The lowest BCUT2D eigenvalue weighted by atomic mass is 10.1. The van der Waals surface area contributed by atoms with Crippen molar-refractivity contribution in [1.82, 2.24) is 20.1 Å². The molecule has 0 bridgehead atoms. The molecule has 0 unspecified atom stereocenters. The number of aromatic nitrogens is 3. The molecule has 3 rings (SSSR count). The molecule has 1 N–H and O–H groups in total. The Hall–Kier alpha value is -2.86. The fourth-order valence-electron chi connectivity index (χ4n) is 2.50. The quantitative estimate of drug-likeness (QED) is 0.737. The molecule has 25 heavy (non-hydrogen) atoms. The number of nitrogens with one attached hydrogen (secondary N) is 1. The van der Waals surface area contributed by atoms with Crippen molar-refractivity contribution in [1.29, 1.82) is 0 Å². The maximum Gasteiger partial charge on any atom is 0.255 e.